The van der Waals surface area contributed by atoms with Gasteiger partial charge in [0.2, 0.25) is 5.95 Å². The molecular formula is C16H19N7. The Morgan fingerprint density at radius 2 is 2.22 bits per heavy atom. The molecule has 7 nitrogen and oxygen atoms in total. The minimum Gasteiger partial charge on any atom is -0.354 e. The van der Waals surface area contributed by atoms with Crippen LogP contribution in [0.4, 0.5) is 11.8 Å². The SMILES string of the molecule is Cc1ccnc(NC2CCCN(c3ncnc4[nH]ccc34)C2)n1. The van der Waals surface area contributed by atoms with Gasteiger partial charge in [-0.25, -0.2) is 19.9 Å². The van der Waals surface area contributed by atoms with Crippen molar-refractivity contribution < 1.29 is 0 Å². The molecule has 0 aliphatic carbocycles. The minimum absolute atomic E-state index is 0.314. The Bertz CT molecular complexity index is 813. The molecule has 7 heteroatoms. The molecule has 0 radical (unpaired) electrons. The summed E-state index contributed by atoms with van der Waals surface area (Å²) >= 11 is 0. The topological polar surface area (TPSA) is 82.6 Å². The Balaban J connectivity index is 1.54. The maximum atomic E-state index is 4.49. The third kappa shape index (κ3) is 2.81. The van der Waals surface area contributed by atoms with E-state index in [0.717, 1.165) is 48.5 Å². The third-order valence-electron chi connectivity index (χ3n) is 4.18. The predicted molar refractivity (Wildman–Crippen MR) is 89.5 cm³/mol. The van der Waals surface area contributed by atoms with Gasteiger partial charge >= 0.3 is 0 Å². The second kappa shape index (κ2) is 5.83. The fourth-order valence-electron chi connectivity index (χ4n) is 3.10. The lowest BCUT2D eigenvalue weighted by Crippen LogP contribution is -2.43. The summed E-state index contributed by atoms with van der Waals surface area (Å²) in [6, 6.07) is 4.25. The highest BCUT2D eigenvalue weighted by atomic mass is 15.2. The summed E-state index contributed by atoms with van der Waals surface area (Å²) in [5.41, 5.74) is 1.85. The van der Waals surface area contributed by atoms with Crippen LogP contribution in [0.15, 0.2) is 30.9 Å². The van der Waals surface area contributed by atoms with Gasteiger partial charge in [-0.15, -0.1) is 0 Å². The Morgan fingerprint density at radius 3 is 3.13 bits per heavy atom. The molecule has 2 N–H and O–H groups in total. The maximum Gasteiger partial charge on any atom is 0.223 e. The van der Waals surface area contributed by atoms with E-state index in [2.05, 4.69) is 35.1 Å². The molecule has 0 saturated carbocycles. The van der Waals surface area contributed by atoms with Gasteiger partial charge in [0.1, 0.15) is 17.8 Å². The molecule has 1 saturated heterocycles. The number of fused-ring (bicyclic) bond motifs is 1. The van der Waals surface area contributed by atoms with E-state index in [0.29, 0.717) is 12.0 Å². The molecule has 3 aromatic heterocycles. The number of nitrogens with zero attached hydrogens (tertiary/aromatic N) is 5. The normalized spacial score (nSPS) is 18.3. The molecule has 0 bridgehead atoms. The van der Waals surface area contributed by atoms with Crippen LogP contribution in [-0.2, 0) is 0 Å². The van der Waals surface area contributed by atoms with Crippen molar-refractivity contribution in [2.75, 3.05) is 23.3 Å². The summed E-state index contributed by atoms with van der Waals surface area (Å²) < 4.78 is 0. The molecule has 1 fully saturated rings. The van der Waals surface area contributed by atoms with Crippen LogP contribution in [0.5, 0.6) is 0 Å². The first-order valence-corrected chi connectivity index (χ1v) is 7.89. The molecular weight excluding hydrogens is 290 g/mol. The maximum absolute atomic E-state index is 4.49. The number of piperidine rings is 1. The molecule has 0 amide bonds. The molecule has 1 unspecified atom stereocenters. The van der Waals surface area contributed by atoms with Crippen molar-refractivity contribution in [1.29, 1.82) is 0 Å². The van der Waals surface area contributed by atoms with Crippen LogP contribution >= 0.6 is 0 Å². The number of aryl methyl sites for hydroxylation is 1. The van der Waals surface area contributed by atoms with Crippen LogP contribution in [0.1, 0.15) is 18.5 Å². The van der Waals surface area contributed by atoms with Gasteiger partial charge in [0, 0.05) is 37.2 Å². The largest absolute Gasteiger partial charge is 0.354 e. The average Bonchev–Trinajstić information content (AvgIpc) is 3.03. The molecule has 0 spiro atoms. The zero-order valence-electron chi connectivity index (χ0n) is 13.0. The highest BCUT2D eigenvalue weighted by molar-refractivity contribution is 5.87. The zero-order valence-corrected chi connectivity index (χ0v) is 13.0. The summed E-state index contributed by atoms with van der Waals surface area (Å²) in [5.74, 6) is 1.69. The molecule has 1 atom stereocenters. The van der Waals surface area contributed by atoms with Crippen LogP contribution in [0.25, 0.3) is 11.0 Å². The molecule has 23 heavy (non-hydrogen) atoms. The summed E-state index contributed by atoms with van der Waals surface area (Å²) in [7, 11) is 0. The van der Waals surface area contributed by atoms with Gasteiger partial charge in [-0.3, -0.25) is 0 Å². The average molecular weight is 309 g/mol. The molecule has 3 aromatic rings. The van der Waals surface area contributed by atoms with E-state index in [1.807, 2.05) is 25.3 Å². The van der Waals surface area contributed by atoms with Crippen molar-refractivity contribution in [3.05, 3.63) is 36.5 Å². The molecule has 4 rings (SSSR count). The van der Waals surface area contributed by atoms with E-state index in [1.54, 1.807) is 12.5 Å². The number of nitrogens with one attached hydrogen (secondary N) is 2. The van der Waals surface area contributed by atoms with E-state index in [-0.39, 0.29) is 0 Å². The lowest BCUT2D eigenvalue weighted by atomic mass is 10.1. The lowest BCUT2D eigenvalue weighted by molar-refractivity contribution is 0.525. The van der Waals surface area contributed by atoms with Crippen LogP contribution in [0.3, 0.4) is 0 Å². The van der Waals surface area contributed by atoms with Crippen molar-refractivity contribution in [2.24, 2.45) is 0 Å². The number of rotatable bonds is 3. The molecule has 0 aromatic carbocycles. The van der Waals surface area contributed by atoms with Gasteiger partial charge in [-0.2, -0.15) is 0 Å². The van der Waals surface area contributed by atoms with E-state index >= 15 is 0 Å². The first kappa shape index (κ1) is 13.9. The second-order valence-corrected chi connectivity index (χ2v) is 5.89. The van der Waals surface area contributed by atoms with Crippen LogP contribution in [-0.4, -0.2) is 44.1 Å². The molecule has 1 aliphatic rings. The molecule has 118 valence electrons. The summed E-state index contributed by atoms with van der Waals surface area (Å²) in [5, 5.41) is 4.52. The minimum atomic E-state index is 0.314. The van der Waals surface area contributed by atoms with Crippen molar-refractivity contribution >= 4 is 22.8 Å². The number of anilines is 2. The van der Waals surface area contributed by atoms with Crippen molar-refractivity contribution in [3.63, 3.8) is 0 Å². The van der Waals surface area contributed by atoms with Gasteiger partial charge in [0.25, 0.3) is 0 Å². The first-order valence-electron chi connectivity index (χ1n) is 7.89. The Labute approximate surface area is 134 Å². The van der Waals surface area contributed by atoms with E-state index < -0.39 is 0 Å². The fraction of sp³-hybridized carbons (Fsp3) is 0.375. The smallest absolute Gasteiger partial charge is 0.223 e. The number of H-pyrrole nitrogens is 1. The second-order valence-electron chi connectivity index (χ2n) is 5.89. The highest BCUT2D eigenvalue weighted by Crippen LogP contribution is 2.25. The number of aromatic amines is 1. The van der Waals surface area contributed by atoms with Crippen LogP contribution in [0.2, 0.25) is 0 Å². The predicted octanol–water partition coefficient (Wildman–Crippen LogP) is 2.14. The first-order chi connectivity index (χ1) is 11.3. The number of hydrogen-bond donors (Lipinski definition) is 2. The van der Waals surface area contributed by atoms with Gasteiger partial charge in [0.05, 0.1) is 5.39 Å². The Kier molecular flexibility index (Phi) is 3.53. The quantitative estimate of drug-likeness (QED) is 0.771. The van der Waals surface area contributed by atoms with Gasteiger partial charge < -0.3 is 15.2 Å². The fourth-order valence-corrected chi connectivity index (χ4v) is 3.10. The Morgan fingerprint density at radius 1 is 1.26 bits per heavy atom. The number of aromatic nitrogens is 5. The van der Waals surface area contributed by atoms with Crippen molar-refractivity contribution in [3.8, 4) is 0 Å². The summed E-state index contributed by atoms with van der Waals surface area (Å²) in [6.07, 6.45) is 7.53. The van der Waals surface area contributed by atoms with E-state index in [1.165, 1.54) is 0 Å². The van der Waals surface area contributed by atoms with E-state index in [9.17, 15) is 0 Å². The van der Waals surface area contributed by atoms with E-state index in [4.69, 9.17) is 0 Å². The van der Waals surface area contributed by atoms with Gasteiger partial charge in [-0.1, -0.05) is 0 Å². The third-order valence-corrected chi connectivity index (χ3v) is 4.18. The Hall–Kier alpha value is -2.70. The number of hydrogen-bond acceptors (Lipinski definition) is 6. The molecule has 1 aliphatic heterocycles. The summed E-state index contributed by atoms with van der Waals surface area (Å²) in [4.78, 5) is 23.0. The molecule has 4 heterocycles. The van der Waals surface area contributed by atoms with Gasteiger partial charge in [-0.05, 0) is 31.9 Å². The van der Waals surface area contributed by atoms with Gasteiger partial charge in [0.15, 0.2) is 0 Å². The monoisotopic (exact) mass is 309 g/mol. The standard InChI is InChI=1S/C16H19N7/c1-11-4-6-18-16(21-11)22-12-3-2-8-23(9-12)15-13-5-7-17-14(13)19-10-20-15/h4-7,10,12H,2-3,8-9H2,1H3,(H,17,19,20)(H,18,21,22). The van der Waals surface area contributed by atoms with Crippen molar-refractivity contribution in [1.82, 2.24) is 24.9 Å². The van der Waals surface area contributed by atoms with Crippen molar-refractivity contribution in [2.45, 2.75) is 25.8 Å². The zero-order chi connectivity index (χ0) is 15.6. The highest BCUT2D eigenvalue weighted by Gasteiger charge is 2.23. The summed E-state index contributed by atoms with van der Waals surface area (Å²) in [6.45, 7) is 3.86. The lowest BCUT2D eigenvalue weighted by Gasteiger charge is -2.34. The van der Waals surface area contributed by atoms with Crippen LogP contribution in [0, 0.1) is 6.92 Å². The van der Waals surface area contributed by atoms with Crippen LogP contribution < -0.4 is 10.2 Å².